The molecular formula is C12H21N5O. The number of hydrogen-bond acceptors (Lipinski definition) is 5. The molecule has 100 valence electrons. The Labute approximate surface area is 108 Å². The van der Waals surface area contributed by atoms with Crippen LogP contribution >= 0.6 is 0 Å². The summed E-state index contributed by atoms with van der Waals surface area (Å²) in [5.41, 5.74) is 0.863. The number of anilines is 1. The van der Waals surface area contributed by atoms with E-state index < -0.39 is 0 Å². The standard InChI is InChI=1S/C12H21N5O/c1-4-14-11-7-15-10(6-16-11)8-17(5-2)9-12(18)13-3/h6-7H,4-5,8-9H2,1-3H3,(H,13,18)(H,14,16). The zero-order valence-corrected chi connectivity index (χ0v) is 11.2. The maximum absolute atomic E-state index is 11.3. The molecule has 18 heavy (non-hydrogen) atoms. The lowest BCUT2D eigenvalue weighted by Gasteiger charge is -2.18. The second-order valence-electron chi connectivity index (χ2n) is 3.90. The van der Waals surface area contributed by atoms with Gasteiger partial charge in [-0.15, -0.1) is 0 Å². The Morgan fingerprint density at radius 2 is 2.11 bits per heavy atom. The summed E-state index contributed by atoms with van der Waals surface area (Å²) < 4.78 is 0. The summed E-state index contributed by atoms with van der Waals surface area (Å²) in [6.07, 6.45) is 3.46. The summed E-state index contributed by atoms with van der Waals surface area (Å²) in [5, 5.41) is 5.71. The van der Waals surface area contributed by atoms with Crippen LogP contribution in [0.25, 0.3) is 0 Å². The van der Waals surface area contributed by atoms with Crippen molar-refractivity contribution < 1.29 is 4.79 Å². The fraction of sp³-hybridized carbons (Fsp3) is 0.583. The van der Waals surface area contributed by atoms with Crippen LogP contribution in [0.5, 0.6) is 0 Å². The zero-order valence-electron chi connectivity index (χ0n) is 11.2. The van der Waals surface area contributed by atoms with Crippen molar-refractivity contribution in [2.75, 3.05) is 32.0 Å². The molecule has 0 aromatic carbocycles. The second kappa shape index (κ2) is 7.60. The van der Waals surface area contributed by atoms with E-state index in [0.29, 0.717) is 13.1 Å². The van der Waals surface area contributed by atoms with E-state index in [0.717, 1.165) is 24.6 Å². The highest BCUT2D eigenvalue weighted by molar-refractivity contribution is 5.77. The lowest BCUT2D eigenvalue weighted by atomic mass is 10.3. The Balaban J connectivity index is 2.56. The third-order valence-corrected chi connectivity index (χ3v) is 2.54. The minimum Gasteiger partial charge on any atom is -0.369 e. The molecular weight excluding hydrogens is 230 g/mol. The molecule has 1 rings (SSSR count). The minimum atomic E-state index is 0.00841. The lowest BCUT2D eigenvalue weighted by molar-refractivity contribution is -0.121. The van der Waals surface area contributed by atoms with Crippen molar-refractivity contribution in [1.29, 1.82) is 0 Å². The van der Waals surface area contributed by atoms with Crippen molar-refractivity contribution >= 4 is 11.7 Å². The minimum absolute atomic E-state index is 0.00841. The van der Waals surface area contributed by atoms with E-state index >= 15 is 0 Å². The lowest BCUT2D eigenvalue weighted by Crippen LogP contribution is -2.35. The monoisotopic (exact) mass is 251 g/mol. The number of rotatable bonds is 7. The van der Waals surface area contributed by atoms with E-state index in [-0.39, 0.29) is 5.91 Å². The molecule has 0 bridgehead atoms. The van der Waals surface area contributed by atoms with Crippen LogP contribution in [0.4, 0.5) is 5.82 Å². The molecule has 0 radical (unpaired) electrons. The molecule has 1 aromatic heterocycles. The molecule has 6 heteroatoms. The number of carbonyl (C=O) groups excluding carboxylic acids is 1. The van der Waals surface area contributed by atoms with Crippen LogP contribution < -0.4 is 10.6 Å². The molecule has 0 aliphatic carbocycles. The fourth-order valence-electron chi connectivity index (χ4n) is 1.50. The van der Waals surface area contributed by atoms with Gasteiger partial charge in [0, 0.05) is 20.1 Å². The maximum atomic E-state index is 11.3. The molecule has 1 amide bonds. The summed E-state index contributed by atoms with van der Waals surface area (Å²) in [6, 6.07) is 0. The summed E-state index contributed by atoms with van der Waals surface area (Å²) in [4.78, 5) is 21.9. The second-order valence-corrected chi connectivity index (χ2v) is 3.90. The molecule has 0 spiro atoms. The smallest absolute Gasteiger partial charge is 0.233 e. The zero-order chi connectivity index (χ0) is 13.4. The molecule has 0 saturated heterocycles. The van der Waals surface area contributed by atoms with E-state index in [1.807, 2.05) is 18.7 Å². The predicted molar refractivity (Wildman–Crippen MR) is 71.2 cm³/mol. The van der Waals surface area contributed by atoms with Gasteiger partial charge in [0.2, 0.25) is 5.91 Å². The van der Waals surface area contributed by atoms with Gasteiger partial charge in [-0.2, -0.15) is 0 Å². The van der Waals surface area contributed by atoms with Crippen LogP contribution in [-0.2, 0) is 11.3 Å². The fourth-order valence-corrected chi connectivity index (χ4v) is 1.50. The van der Waals surface area contributed by atoms with Gasteiger partial charge < -0.3 is 10.6 Å². The number of likely N-dealkylation sites (N-methyl/N-ethyl adjacent to an activating group) is 2. The normalized spacial score (nSPS) is 10.4. The van der Waals surface area contributed by atoms with Gasteiger partial charge in [-0.25, -0.2) is 4.98 Å². The Hall–Kier alpha value is -1.69. The summed E-state index contributed by atoms with van der Waals surface area (Å²) >= 11 is 0. The molecule has 0 fully saturated rings. The van der Waals surface area contributed by atoms with Gasteiger partial charge in [-0.1, -0.05) is 6.92 Å². The van der Waals surface area contributed by atoms with Gasteiger partial charge in [0.1, 0.15) is 5.82 Å². The van der Waals surface area contributed by atoms with E-state index in [9.17, 15) is 4.79 Å². The topological polar surface area (TPSA) is 70.2 Å². The highest BCUT2D eigenvalue weighted by atomic mass is 16.1. The van der Waals surface area contributed by atoms with Gasteiger partial charge in [0.25, 0.3) is 0 Å². The number of carbonyl (C=O) groups is 1. The average Bonchev–Trinajstić information content (AvgIpc) is 2.40. The summed E-state index contributed by atoms with van der Waals surface area (Å²) in [7, 11) is 1.64. The quantitative estimate of drug-likeness (QED) is 0.737. The van der Waals surface area contributed by atoms with Crippen LogP contribution in [0.15, 0.2) is 12.4 Å². The SMILES string of the molecule is CCNc1cnc(CN(CC)CC(=O)NC)cn1. The number of nitrogens with zero attached hydrogens (tertiary/aromatic N) is 3. The van der Waals surface area contributed by atoms with Crippen LogP contribution in [0, 0.1) is 0 Å². The molecule has 0 aliphatic heterocycles. The van der Waals surface area contributed by atoms with Gasteiger partial charge >= 0.3 is 0 Å². The highest BCUT2D eigenvalue weighted by Crippen LogP contribution is 2.03. The van der Waals surface area contributed by atoms with E-state index in [4.69, 9.17) is 0 Å². The first-order chi connectivity index (χ1) is 8.69. The molecule has 0 unspecified atom stereocenters. The van der Waals surface area contributed by atoms with Crippen LogP contribution in [-0.4, -0.2) is 47.5 Å². The van der Waals surface area contributed by atoms with E-state index in [2.05, 4.69) is 20.6 Å². The molecule has 0 aliphatic rings. The first-order valence-corrected chi connectivity index (χ1v) is 6.17. The maximum Gasteiger partial charge on any atom is 0.233 e. The number of hydrogen-bond donors (Lipinski definition) is 2. The van der Waals surface area contributed by atoms with Crippen molar-refractivity contribution in [1.82, 2.24) is 20.2 Å². The molecule has 6 nitrogen and oxygen atoms in total. The van der Waals surface area contributed by atoms with Crippen LogP contribution in [0.1, 0.15) is 19.5 Å². The first-order valence-electron chi connectivity index (χ1n) is 6.17. The van der Waals surface area contributed by atoms with Crippen molar-refractivity contribution in [3.05, 3.63) is 18.1 Å². The largest absolute Gasteiger partial charge is 0.369 e. The predicted octanol–water partition coefficient (Wildman–Crippen LogP) is 0.476. The van der Waals surface area contributed by atoms with Gasteiger partial charge in [-0.05, 0) is 13.5 Å². The number of aromatic nitrogens is 2. The number of amides is 1. The molecule has 1 aromatic rings. The van der Waals surface area contributed by atoms with Crippen molar-refractivity contribution in [3.8, 4) is 0 Å². The van der Waals surface area contributed by atoms with Crippen molar-refractivity contribution in [3.63, 3.8) is 0 Å². The Bertz CT molecular complexity index is 365. The Morgan fingerprint density at radius 1 is 1.33 bits per heavy atom. The first kappa shape index (κ1) is 14.4. The molecule has 2 N–H and O–H groups in total. The van der Waals surface area contributed by atoms with Gasteiger partial charge in [-0.3, -0.25) is 14.7 Å². The third kappa shape index (κ3) is 4.67. The van der Waals surface area contributed by atoms with E-state index in [1.165, 1.54) is 0 Å². The van der Waals surface area contributed by atoms with Gasteiger partial charge in [0.05, 0.1) is 24.6 Å². The molecule has 0 atom stereocenters. The Kier molecular flexibility index (Phi) is 6.07. The van der Waals surface area contributed by atoms with Crippen molar-refractivity contribution in [2.45, 2.75) is 20.4 Å². The highest BCUT2D eigenvalue weighted by Gasteiger charge is 2.09. The average molecular weight is 251 g/mol. The molecule has 0 saturated carbocycles. The summed E-state index contributed by atoms with van der Waals surface area (Å²) in [6.45, 7) is 6.66. The van der Waals surface area contributed by atoms with Crippen LogP contribution in [0.3, 0.4) is 0 Å². The van der Waals surface area contributed by atoms with Crippen LogP contribution in [0.2, 0.25) is 0 Å². The van der Waals surface area contributed by atoms with Gasteiger partial charge in [0.15, 0.2) is 0 Å². The Morgan fingerprint density at radius 3 is 2.61 bits per heavy atom. The number of nitrogens with one attached hydrogen (secondary N) is 2. The van der Waals surface area contributed by atoms with Crippen molar-refractivity contribution in [2.24, 2.45) is 0 Å². The molecule has 1 heterocycles. The van der Waals surface area contributed by atoms with E-state index in [1.54, 1.807) is 19.4 Å². The summed E-state index contributed by atoms with van der Waals surface area (Å²) in [5.74, 6) is 0.782. The third-order valence-electron chi connectivity index (χ3n) is 2.54.